The maximum atomic E-state index is 12.6. The second-order valence-electron chi connectivity index (χ2n) is 6.20. The minimum absolute atomic E-state index is 0.259. The van der Waals surface area contributed by atoms with E-state index in [1.54, 1.807) is 6.08 Å². The third kappa shape index (κ3) is 3.63. The summed E-state index contributed by atoms with van der Waals surface area (Å²) in [7, 11) is 0. The van der Waals surface area contributed by atoms with Crippen LogP contribution in [0.25, 0.3) is 16.3 Å². The highest BCUT2D eigenvalue weighted by atomic mass is 32.2. The van der Waals surface area contributed by atoms with Gasteiger partial charge in [-0.2, -0.15) is 0 Å². The summed E-state index contributed by atoms with van der Waals surface area (Å²) in [5, 5.41) is 1.78. The lowest BCUT2D eigenvalue weighted by atomic mass is 10.2. The molecule has 0 aromatic carbocycles. The van der Waals surface area contributed by atoms with Crippen molar-refractivity contribution in [1.29, 1.82) is 0 Å². The van der Waals surface area contributed by atoms with Gasteiger partial charge in [-0.1, -0.05) is 6.07 Å². The topological polar surface area (TPSA) is 101 Å². The molecule has 1 fully saturated rings. The summed E-state index contributed by atoms with van der Waals surface area (Å²) >= 11 is 3.63. The van der Waals surface area contributed by atoms with E-state index in [1.807, 2.05) is 31.4 Å². The quantitative estimate of drug-likeness (QED) is 0.619. The highest BCUT2D eigenvalue weighted by Gasteiger charge is 2.36. The average Bonchev–Trinajstić information content (AvgIpc) is 3.35. The molecule has 3 amide bonds. The van der Waals surface area contributed by atoms with E-state index in [4.69, 9.17) is 0 Å². The summed E-state index contributed by atoms with van der Waals surface area (Å²) in [6.07, 6.45) is 2.85. The van der Waals surface area contributed by atoms with Crippen LogP contribution < -0.4 is 11.0 Å². The summed E-state index contributed by atoms with van der Waals surface area (Å²) < 4.78 is 0.977. The molecule has 29 heavy (non-hydrogen) atoms. The zero-order valence-corrected chi connectivity index (χ0v) is 17.7. The molecular formula is C18H14N4O4S3. The molecule has 3 aromatic rings. The first-order valence-corrected chi connectivity index (χ1v) is 10.9. The number of aryl methyl sites for hydroxylation is 2. The summed E-state index contributed by atoms with van der Waals surface area (Å²) in [6.45, 7) is 3.23. The van der Waals surface area contributed by atoms with Gasteiger partial charge in [-0.15, -0.1) is 22.7 Å². The van der Waals surface area contributed by atoms with E-state index in [9.17, 15) is 19.2 Å². The molecule has 0 bridgehead atoms. The Kier molecular flexibility index (Phi) is 5.11. The second kappa shape index (κ2) is 7.58. The van der Waals surface area contributed by atoms with Gasteiger partial charge in [0, 0.05) is 9.75 Å². The molecule has 1 aliphatic rings. The minimum atomic E-state index is -0.669. The molecule has 1 N–H and O–H groups in total. The van der Waals surface area contributed by atoms with Gasteiger partial charge in [0.2, 0.25) is 0 Å². The zero-order valence-electron chi connectivity index (χ0n) is 15.3. The molecular weight excluding hydrogens is 432 g/mol. The van der Waals surface area contributed by atoms with Gasteiger partial charge in [0.05, 0.1) is 10.3 Å². The Labute approximate surface area is 176 Å². The highest BCUT2D eigenvalue weighted by molar-refractivity contribution is 8.18. The van der Waals surface area contributed by atoms with E-state index in [-0.39, 0.29) is 4.91 Å². The molecule has 0 radical (unpaired) electrons. The Balaban J connectivity index is 1.52. The fraction of sp³-hybridized carbons (Fsp3) is 0.167. The Hall–Kier alpha value is -2.76. The number of hydrogen-bond donors (Lipinski definition) is 1. The maximum absolute atomic E-state index is 12.6. The molecule has 3 aromatic heterocycles. The molecule has 1 aliphatic heterocycles. The van der Waals surface area contributed by atoms with Crippen molar-refractivity contribution < 1.29 is 14.4 Å². The SMILES string of the molecule is Cc1sc2ncn(NC(=O)CN3C(=O)S/C(=C\c4cccs4)C3=O)c(=O)c2c1C. The van der Waals surface area contributed by atoms with E-state index in [2.05, 4.69) is 10.4 Å². The van der Waals surface area contributed by atoms with Gasteiger partial charge in [-0.05, 0) is 48.7 Å². The first-order chi connectivity index (χ1) is 13.8. The van der Waals surface area contributed by atoms with Gasteiger partial charge in [-0.3, -0.25) is 29.5 Å². The monoisotopic (exact) mass is 446 g/mol. The molecule has 4 heterocycles. The average molecular weight is 447 g/mol. The maximum Gasteiger partial charge on any atom is 0.294 e. The van der Waals surface area contributed by atoms with Crippen molar-refractivity contribution in [1.82, 2.24) is 14.6 Å². The number of thioether (sulfide) groups is 1. The van der Waals surface area contributed by atoms with Crippen molar-refractivity contribution in [2.45, 2.75) is 13.8 Å². The lowest BCUT2D eigenvalue weighted by molar-refractivity contribution is -0.127. The van der Waals surface area contributed by atoms with Crippen LogP contribution in [0, 0.1) is 13.8 Å². The van der Waals surface area contributed by atoms with Gasteiger partial charge in [0.25, 0.3) is 22.6 Å². The van der Waals surface area contributed by atoms with Crippen molar-refractivity contribution in [2.75, 3.05) is 12.0 Å². The number of carbonyl (C=O) groups excluding carboxylic acids is 3. The molecule has 8 nitrogen and oxygen atoms in total. The van der Waals surface area contributed by atoms with Gasteiger partial charge in [0.1, 0.15) is 17.7 Å². The molecule has 148 valence electrons. The summed E-state index contributed by atoms with van der Waals surface area (Å²) in [5.41, 5.74) is 2.81. The summed E-state index contributed by atoms with van der Waals surface area (Å²) in [5.74, 6) is -1.20. The highest BCUT2D eigenvalue weighted by Crippen LogP contribution is 2.32. The van der Waals surface area contributed by atoms with Crippen molar-refractivity contribution in [3.8, 4) is 0 Å². The first kappa shape index (κ1) is 19.6. The number of aromatic nitrogens is 2. The first-order valence-electron chi connectivity index (χ1n) is 8.41. The van der Waals surface area contributed by atoms with Crippen LogP contribution in [-0.4, -0.2) is 38.2 Å². The number of rotatable bonds is 4. The molecule has 0 saturated carbocycles. The largest absolute Gasteiger partial charge is 0.294 e. The Bertz CT molecular complexity index is 1240. The summed E-state index contributed by atoms with van der Waals surface area (Å²) in [6, 6.07) is 3.67. The lowest BCUT2D eigenvalue weighted by Gasteiger charge is -2.13. The molecule has 0 aliphatic carbocycles. The van der Waals surface area contributed by atoms with Gasteiger partial charge in [0.15, 0.2) is 0 Å². The number of thiophene rings is 2. The van der Waals surface area contributed by atoms with Gasteiger partial charge in [-0.25, -0.2) is 9.66 Å². The van der Waals surface area contributed by atoms with Crippen molar-refractivity contribution in [3.63, 3.8) is 0 Å². The van der Waals surface area contributed by atoms with Crippen LogP contribution in [0.3, 0.4) is 0 Å². The van der Waals surface area contributed by atoms with E-state index in [0.29, 0.717) is 10.2 Å². The molecule has 1 saturated heterocycles. The molecule has 11 heteroatoms. The predicted octanol–water partition coefficient (Wildman–Crippen LogP) is 2.94. The van der Waals surface area contributed by atoms with Crippen LogP contribution in [0.1, 0.15) is 15.3 Å². The third-order valence-electron chi connectivity index (χ3n) is 4.33. The van der Waals surface area contributed by atoms with E-state index < -0.39 is 29.2 Å². The van der Waals surface area contributed by atoms with E-state index in [1.165, 1.54) is 29.0 Å². The van der Waals surface area contributed by atoms with Crippen LogP contribution in [0.5, 0.6) is 0 Å². The van der Waals surface area contributed by atoms with E-state index >= 15 is 0 Å². The van der Waals surface area contributed by atoms with Crippen LogP contribution >= 0.6 is 34.4 Å². The van der Waals surface area contributed by atoms with Crippen molar-refractivity contribution >= 4 is 67.8 Å². The predicted molar refractivity (Wildman–Crippen MR) is 115 cm³/mol. The number of amides is 3. The number of fused-ring (bicyclic) bond motifs is 1. The van der Waals surface area contributed by atoms with Crippen LogP contribution in [0.2, 0.25) is 0 Å². The molecule has 0 atom stereocenters. The van der Waals surface area contributed by atoms with Crippen molar-refractivity contribution in [2.24, 2.45) is 0 Å². The molecule has 0 unspecified atom stereocenters. The Morgan fingerprint density at radius 2 is 2.07 bits per heavy atom. The third-order valence-corrected chi connectivity index (χ3v) is 7.17. The molecule has 4 rings (SSSR count). The number of hydrogen-bond acceptors (Lipinski definition) is 8. The van der Waals surface area contributed by atoms with Crippen LogP contribution in [-0.2, 0) is 9.59 Å². The zero-order chi connectivity index (χ0) is 20.7. The fourth-order valence-corrected chi connectivity index (χ4v) is 5.32. The van der Waals surface area contributed by atoms with Gasteiger partial charge >= 0.3 is 0 Å². The van der Waals surface area contributed by atoms with Crippen LogP contribution in [0.15, 0.2) is 33.5 Å². The lowest BCUT2D eigenvalue weighted by Crippen LogP contribution is -2.41. The Morgan fingerprint density at radius 3 is 2.79 bits per heavy atom. The number of nitrogens with zero attached hydrogens (tertiary/aromatic N) is 3. The normalized spacial score (nSPS) is 15.7. The molecule has 0 spiro atoms. The summed E-state index contributed by atoms with van der Waals surface area (Å²) in [4.78, 5) is 57.4. The second-order valence-corrected chi connectivity index (χ2v) is 9.38. The number of nitrogens with one attached hydrogen (secondary N) is 1. The Morgan fingerprint density at radius 1 is 1.28 bits per heavy atom. The standard InChI is InChI=1S/C18H14N4O4S3/c1-9-10(2)28-15-14(9)17(25)22(8-19-15)20-13(23)7-21-16(24)12(29-18(21)26)6-11-4-3-5-27-11/h3-6,8H,7H2,1-2H3,(H,20,23)/b12-6-. The van der Waals surface area contributed by atoms with Crippen molar-refractivity contribution in [3.05, 3.63) is 54.4 Å². The number of carbonyl (C=O) groups is 3. The van der Waals surface area contributed by atoms with E-state index in [0.717, 1.165) is 36.7 Å². The van der Waals surface area contributed by atoms with Crippen LogP contribution in [0.4, 0.5) is 4.79 Å². The fourth-order valence-electron chi connectivity index (χ4n) is 2.77. The number of imide groups is 1. The minimum Gasteiger partial charge on any atom is -0.271 e. The van der Waals surface area contributed by atoms with Gasteiger partial charge < -0.3 is 0 Å². The smallest absolute Gasteiger partial charge is 0.271 e.